The Hall–Kier alpha value is -2.48. The second-order valence-electron chi connectivity index (χ2n) is 6.33. The number of imidazole rings is 1. The van der Waals surface area contributed by atoms with E-state index in [-0.39, 0.29) is 30.1 Å². The van der Waals surface area contributed by atoms with Crippen LogP contribution in [0.1, 0.15) is 25.8 Å². The molecule has 25 heavy (non-hydrogen) atoms. The van der Waals surface area contributed by atoms with Crippen molar-refractivity contribution in [1.82, 2.24) is 14.9 Å². The summed E-state index contributed by atoms with van der Waals surface area (Å²) in [6, 6.07) is 6.39. The Balaban J connectivity index is 1.39. The monoisotopic (exact) mass is 348 g/mol. The van der Waals surface area contributed by atoms with Gasteiger partial charge in [0.05, 0.1) is 18.2 Å². The molecule has 2 N–H and O–H groups in total. The van der Waals surface area contributed by atoms with Gasteiger partial charge >= 0.3 is 12.6 Å². The molecule has 2 amide bonds. The number of hydrogen-bond acceptors (Lipinski definition) is 3. The van der Waals surface area contributed by atoms with Gasteiger partial charge < -0.3 is 15.4 Å². The van der Waals surface area contributed by atoms with Crippen LogP contribution < -0.4 is 10.6 Å². The van der Waals surface area contributed by atoms with Crippen molar-refractivity contribution in [2.75, 3.05) is 5.32 Å². The predicted octanol–water partition coefficient (Wildman–Crippen LogP) is 3.39. The summed E-state index contributed by atoms with van der Waals surface area (Å²) in [5.74, 6) is 0.185. The molecule has 0 unspecified atom stereocenters. The van der Waals surface area contributed by atoms with Crippen LogP contribution in [-0.4, -0.2) is 33.8 Å². The van der Waals surface area contributed by atoms with E-state index in [9.17, 15) is 13.6 Å². The summed E-state index contributed by atoms with van der Waals surface area (Å²) in [7, 11) is 0. The molecule has 3 heterocycles. The lowest BCUT2D eigenvalue weighted by atomic mass is 9.96. The number of nitrogens with zero attached hydrogens (tertiary/aromatic N) is 2. The van der Waals surface area contributed by atoms with Gasteiger partial charge in [-0.2, -0.15) is 8.78 Å². The molecule has 2 fully saturated rings. The number of nitrogens with one attached hydrogen (secondary N) is 2. The maximum absolute atomic E-state index is 12.9. The van der Waals surface area contributed by atoms with Crippen LogP contribution in [0.25, 0.3) is 11.4 Å². The second kappa shape index (κ2) is 6.44. The third-order valence-corrected chi connectivity index (χ3v) is 4.70. The average molecular weight is 348 g/mol. The lowest BCUT2D eigenvalue weighted by Crippen LogP contribution is -2.43. The molecule has 132 valence electrons. The lowest BCUT2D eigenvalue weighted by molar-refractivity contribution is 0.0720. The Bertz CT molecular complexity index is 762. The number of anilines is 1. The van der Waals surface area contributed by atoms with Crippen molar-refractivity contribution in [1.29, 1.82) is 0 Å². The topological polar surface area (TPSA) is 68.2 Å². The largest absolute Gasteiger partial charge is 0.373 e. The fourth-order valence-corrected chi connectivity index (χ4v) is 3.52. The first-order valence-corrected chi connectivity index (χ1v) is 8.24. The maximum atomic E-state index is 12.9. The number of carbonyl (C=O) groups is 1. The van der Waals surface area contributed by atoms with Crippen LogP contribution in [0, 0.1) is 0 Å². The van der Waals surface area contributed by atoms with E-state index in [0.717, 1.165) is 23.8 Å². The van der Waals surface area contributed by atoms with E-state index in [1.54, 1.807) is 24.3 Å². The van der Waals surface area contributed by atoms with E-state index in [0.29, 0.717) is 11.3 Å². The fourth-order valence-electron chi connectivity index (χ4n) is 3.52. The minimum atomic E-state index is -2.65. The number of ether oxygens (including phenoxy) is 1. The van der Waals surface area contributed by atoms with Gasteiger partial charge in [-0.3, -0.25) is 4.57 Å². The number of urea groups is 1. The smallest absolute Gasteiger partial charge is 0.320 e. The van der Waals surface area contributed by atoms with E-state index in [1.807, 2.05) is 0 Å². The van der Waals surface area contributed by atoms with Crippen LogP contribution >= 0.6 is 0 Å². The average Bonchev–Trinajstić information content (AvgIpc) is 3.31. The van der Waals surface area contributed by atoms with Crippen LogP contribution in [0.15, 0.2) is 36.7 Å². The first-order valence-electron chi connectivity index (χ1n) is 8.24. The SMILES string of the molecule is O=C(Nc1ccc(-c2nccn2C(F)F)cc1)N[C@H]1C[C@H]2CC[C@H]1O2. The molecule has 3 atom stereocenters. The highest BCUT2D eigenvalue weighted by Gasteiger charge is 2.41. The van der Waals surface area contributed by atoms with Crippen molar-refractivity contribution in [2.45, 2.75) is 44.1 Å². The van der Waals surface area contributed by atoms with Crippen molar-refractivity contribution in [3.63, 3.8) is 0 Å². The van der Waals surface area contributed by atoms with Gasteiger partial charge in [-0.05, 0) is 43.5 Å². The number of carbonyl (C=O) groups excluding carboxylic acids is 1. The third-order valence-electron chi connectivity index (χ3n) is 4.70. The zero-order chi connectivity index (χ0) is 17.4. The molecule has 0 aliphatic carbocycles. The standard InChI is InChI=1S/C17H18F2N4O2/c18-16(19)23-8-7-20-15(23)10-1-3-11(4-2-10)21-17(24)22-13-9-12-5-6-14(13)25-12/h1-4,7-8,12-14,16H,5-6,9H2,(H2,21,22,24)/t12-,13+,14-/m1/s1. The van der Waals surface area contributed by atoms with E-state index < -0.39 is 6.55 Å². The minimum Gasteiger partial charge on any atom is -0.373 e. The molecule has 2 saturated heterocycles. The van der Waals surface area contributed by atoms with Crippen molar-refractivity contribution in [2.24, 2.45) is 0 Å². The summed E-state index contributed by atoms with van der Waals surface area (Å²) in [6.45, 7) is -2.65. The summed E-state index contributed by atoms with van der Waals surface area (Å²) in [6.07, 6.45) is 5.86. The molecule has 4 rings (SSSR count). The number of benzene rings is 1. The molecule has 2 bridgehead atoms. The Morgan fingerprint density at radius 1 is 1.28 bits per heavy atom. The van der Waals surface area contributed by atoms with Crippen LogP contribution in [0.3, 0.4) is 0 Å². The molecule has 2 aromatic rings. The quantitative estimate of drug-likeness (QED) is 0.890. The van der Waals surface area contributed by atoms with Gasteiger partial charge in [0.2, 0.25) is 0 Å². The van der Waals surface area contributed by atoms with Crippen molar-refractivity contribution >= 4 is 11.7 Å². The molecule has 1 aromatic heterocycles. The van der Waals surface area contributed by atoms with Crippen LogP contribution in [0.2, 0.25) is 0 Å². The summed E-state index contributed by atoms with van der Waals surface area (Å²) < 4.78 is 32.3. The molecule has 1 aromatic carbocycles. The summed E-state index contributed by atoms with van der Waals surface area (Å²) in [5.41, 5.74) is 1.14. The number of alkyl halides is 2. The first kappa shape index (κ1) is 16.0. The Morgan fingerprint density at radius 2 is 2.08 bits per heavy atom. The zero-order valence-corrected chi connectivity index (χ0v) is 13.4. The summed E-state index contributed by atoms with van der Waals surface area (Å²) >= 11 is 0. The Morgan fingerprint density at radius 3 is 2.72 bits per heavy atom. The van der Waals surface area contributed by atoms with Gasteiger partial charge in [0.15, 0.2) is 0 Å². The summed E-state index contributed by atoms with van der Waals surface area (Å²) in [4.78, 5) is 16.1. The van der Waals surface area contributed by atoms with Crippen LogP contribution in [0.4, 0.5) is 19.3 Å². The van der Waals surface area contributed by atoms with Crippen LogP contribution in [-0.2, 0) is 4.74 Å². The number of rotatable bonds is 4. The van der Waals surface area contributed by atoms with E-state index in [2.05, 4.69) is 15.6 Å². The van der Waals surface area contributed by atoms with Gasteiger partial charge in [0.1, 0.15) is 5.82 Å². The fraction of sp³-hybridized carbons (Fsp3) is 0.412. The summed E-state index contributed by atoms with van der Waals surface area (Å²) in [5, 5.41) is 5.69. The first-order chi connectivity index (χ1) is 12.1. The predicted molar refractivity (Wildman–Crippen MR) is 87.4 cm³/mol. The third kappa shape index (κ3) is 3.21. The molecule has 0 spiro atoms. The highest BCUT2D eigenvalue weighted by Crippen LogP contribution is 2.34. The van der Waals surface area contributed by atoms with Gasteiger partial charge in [0.25, 0.3) is 0 Å². The number of aromatic nitrogens is 2. The lowest BCUT2D eigenvalue weighted by Gasteiger charge is -2.20. The number of fused-ring (bicyclic) bond motifs is 2. The van der Waals surface area contributed by atoms with Gasteiger partial charge in [-0.15, -0.1) is 0 Å². The molecular formula is C17H18F2N4O2. The molecule has 2 aliphatic rings. The molecule has 8 heteroatoms. The maximum Gasteiger partial charge on any atom is 0.320 e. The van der Waals surface area contributed by atoms with E-state index >= 15 is 0 Å². The van der Waals surface area contributed by atoms with Gasteiger partial charge in [-0.1, -0.05) is 0 Å². The molecule has 6 nitrogen and oxygen atoms in total. The van der Waals surface area contributed by atoms with Crippen molar-refractivity contribution < 1.29 is 18.3 Å². The zero-order valence-electron chi connectivity index (χ0n) is 13.4. The highest BCUT2D eigenvalue weighted by molar-refractivity contribution is 5.89. The molecule has 0 saturated carbocycles. The normalized spacial score (nSPS) is 24.7. The number of amides is 2. The van der Waals surface area contributed by atoms with E-state index in [1.165, 1.54) is 12.4 Å². The number of hydrogen-bond donors (Lipinski definition) is 2. The highest BCUT2D eigenvalue weighted by atomic mass is 19.3. The second-order valence-corrected chi connectivity index (χ2v) is 6.33. The van der Waals surface area contributed by atoms with Crippen LogP contribution in [0.5, 0.6) is 0 Å². The van der Waals surface area contributed by atoms with Gasteiger partial charge in [0, 0.05) is 23.6 Å². The molecule has 0 radical (unpaired) electrons. The molecule has 2 aliphatic heterocycles. The Labute approximate surface area is 143 Å². The van der Waals surface area contributed by atoms with E-state index in [4.69, 9.17) is 4.74 Å². The van der Waals surface area contributed by atoms with Gasteiger partial charge in [-0.25, -0.2) is 9.78 Å². The van der Waals surface area contributed by atoms with Crippen molar-refractivity contribution in [3.8, 4) is 11.4 Å². The molecular weight excluding hydrogens is 330 g/mol. The minimum absolute atomic E-state index is 0.0524. The van der Waals surface area contributed by atoms with Crippen molar-refractivity contribution in [3.05, 3.63) is 36.7 Å². The number of halogens is 2. The Kier molecular flexibility index (Phi) is 4.12.